The van der Waals surface area contributed by atoms with Gasteiger partial charge in [-0.2, -0.15) is 0 Å². The standard InChI is InChI=1S/C31H25BrClN3O3S/c1-20(29(37)34-25-13-11-24(33)12-14-25)40-27-17-15-26(16-18-27)35-31(39)28(19-21-7-9-23(32)10-8-21)36-30(38)22-5-3-2-4-6-22/h2-20H,1H3,(H,34,37)(H,35,39)(H,36,38)/b28-19-. The summed E-state index contributed by atoms with van der Waals surface area (Å²) in [6.45, 7) is 1.82. The molecule has 0 saturated heterocycles. The first-order chi connectivity index (χ1) is 19.3. The maximum atomic E-state index is 13.2. The van der Waals surface area contributed by atoms with Crippen molar-refractivity contribution in [3.8, 4) is 0 Å². The lowest BCUT2D eigenvalue weighted by Gasteiger charge is -2.13. The molecule has 3 amide bonds. The smallest absolute Gasteiger partial charge is 0.272 e. The zero-order valence-electron chi connectivity index (χ0n) is 21.4. The monoisotopic (exact) mass is 633 g/mol. The molecule has 1 atom stereocenters. The van der Waals surface area contributed by atoms with Crippen molar-refractivity contribution in [3.63, 3.8) is 0 Å². The molecule has 0 aromatic heterocycles. The third kappa shape index (κ3) is 8.58. The second-order valence-electron chi connectivity index (χ2n) is 8.66. The van der Waals surface area contributed by atoms with Crippen LogP contribution in [0.2, 0.25) is 5.02 Å². The number of nitrogens with one attached hydrogen (secondary N) is 3. The Morgan fingerprint density at radius 3 is 2.05 bits per heavy atom. The third-order valence-corrected chi connectivity index (χ3v) is 7.51. The number of rotatable bonds is 9. The van der Waals surface area contributed by atoms with E-state index in [2.05, 4.69) is 31.9 Å². The molecule has 4 aromatic rings. The fourth-order valence-corrected chi connectivity index (χ4v) is 4.78. The molecule has 0 aliphatic carbocycles. The molecule has 3 N–H and O–H groups in total. The summed E-state index contributed by atoms with van der Waals surface area (Å²) in [5, 5.41) is 8.69. The van der Waals surface area contributed by atoms with Crippen molar-refractivity contribution in [1.29, 1.82) is 0 Å². The molecule has 0 fully saturated rings. The second kappa shape index (κ2) is 14.0. The highest BCUT2D eigenvalue weighted by Gasteiger charge is 2.17. The van der Waals surface area contributed by atoms with Crippen LogP contribution in [-0.4, -0.2) is 23.0 Å². The number of benzene rings is 4. The van der Waals surface area contributed by atoms with Crippen LogP contribution in [-0.2, 0) is 9.59 Å². The van der Waals surface area contributed by atoms with Gasteiger partial charge < -0.3 is 16.0 Å². The molecular formula is C31H25BrClN3O3S. The number of carbonyl (C=O) groups is 3. The number of hydrogen-bond donors (Lipinski definition) is 3. The van der Waals surface area contributed by atoms with Gasteiger partial charge in [-0.1, -0.05) is 57.9 Å². The SMILES string of the molecule is CC(Sc1ccc(NC(=O)/C(=C/c2ccc(Br)cc2)NC(=O)c2ccccc2)cc1)C(=O)Nc1ccc(Cl)cc1. The van der Waals surface area contributed by atoms with Crippen molar-refractivity contribution in [2.45, 2.75) is 17.1 Å². The predicted octanol–water partition coefficient (Wildman–Crippen LogP) is 7.63. The van der Waals surface area contributed by atoms with Gasteiger partial charge in [0, 0.05) is 31.3 Å². The van der Waals surface area contributed by atoms with Crippen LogP contribution in [0.3, 0.4) is 0 Å². The van der Waals surface area contributed by atoms with E-state index in [1.807, 2.05) is 49.4 Å². The van der Waals surface area contributed by atoms with Crippen LogP contribution in [0.4, 0.5) is 11.4 Å². The van der Waals surface area contributed by atoms with Crippen molar-refractivity contribution in [3.05, 3.63) is 129 Å². The minimum Gasteiger partial charge on any atom is -0.325 e. The zero-order chi connectivity index (χ0) is 28.5. The number of hydrogen-bond acceptors (Lipinski definition) is 4. The van der Waals surface area contributed by atoms with Gasteiger partial charge >= 0.3 is 0 Å². The van der Waals surface area contributed by atoms with Crippen molar-refractivity contribution < 1.29 is 14.4 Å². The third-order valence-electron chi connectivity index (χ3n) is 5.62. The molecule has 40 heavy (non-hydrogen) atoms. The summed E-state index contributed by atoms with van der Waals surface area (Å²) in [6, 6.07) is 30.2. The summed E-state index contributed by atoms with van der Waals surface area (Å²) in [4.78, 5) is 39.5. The van der Waals surface area contributed by atoms with E-state index in [1.165, 1.54) is 11.8 Å². The Balaban J connectivity index is 1.42. The maximum absolute atomic E-state index is 13.2. The van der Waals surface area contributed by atoms with E-state index in [0.29, 0.717) is 22.0 Å². The summed E-state index contributed by atoms with van der Waals surface area (Å²) < 4.78 is 0.902. The van der Waals surface area contributed by atoms with E-state index < -0.39 is 11.8 Å². The van der Waals surface area contributed by atoms with Crippen LogP contribution in [0, 0.1) is 0 Å². The van der Waals surface area contributed by atoms with E-state index in [1.54, 1.807) is 66.7 Å². The van der Waals surface area contributed by atoms with Crippen molar-refractivity contribution in [1.82, 2.24) is 5.32 Å². The molecule has 202 valence electrons. The molecule has 0 heterocycles. The number of carbonyl (C=O) groups excluding carboxylic acids is 3. The summed E-state index contributed by atoms with van der Waals surface area (Å²) in [5.74, 6) is -0.999. The fourth-order valence-electron chi connectivity index (χ4n) is 3.52. The Morgan fingerprint density at radius 2 is 1.40 bits per heavy atom. The van der Waals surface area contributed by atoms with E-state index >= 15 is 0 Å². The Hall–Kier alpha value is -3.85. The molecule has 0 radical (unpaired) electrons. The van der Waals surface area contributed by atoms with Crippen LogP contribution in [0.15, 0.2) is 118 Å². The Morgan fingerprint density at radius 1 is 0.800 bits per heavy atom. The number of amides is 3. The van der Waals surface area contributed by atoms with E-state index in [0.717, 1.165) is 14.9 Å². The fraction of sp³-hybridized carbons (Fsp3) is 0.0645. The van der Waals surface area contributed by atoms with Crippen LogP contribution in [0.25, 0.3) is 6.08 Å². The lowest BCUT2D eigenvalue weighted by molar-refractivity contribution is -0.115. The van der Waals surface area contributed by atoms with E-state index in [4.69, 9.17) is 11.6 Å². The Labute approximate surface area is 250 Å². The highest BCUT2D eigenvalue weighted by atomic mass is 79.9. The van der Waals surface area contributed by atoms with Gasteiger partial charge in [0.1, 0.15) is 5.70 Å². The Bertz CT molecular complexity index is 1510. The minimum absolute atomic E-state index is 0.0992. The van der Waals surface area contributed by atoms with Gasteiger partial charge in [0.2, 0.25) is 5.91 Å². The molecule has 9 heteroatoms. The zero-order valence-corrected chi connectivity index (χ0v) is 24.5. The summed E-state index contributed by atoms with van der Waals surface area (Å²) >= 11 is 10.7. The first kappa shape index (κ1) is 29.1. The highest BCUT2D eigenvalue weighted by molar-refractivity contribution is 9.10. The molecular weight excluding hydrogens is 610 g/mol. The molecule has 0 bridgehead atoms. The molecule has 0 spiro atoms. The molecule has 0 saturated carbocycles. The molecule has 4 aromatic carbocycles. The summed E-state index contributed by atoms with van der Waals surface area (Å²) in [5.41, 5.74) is 2.50. The minimum atomic E-state index is -0.469. The average molecular weight is 635 g/mol. The number of halogens is 2. The molecule has 0 aliphatic rings. The summed E-state index contributed by atoms with van der Waals surface area (Å²) in [6.07, 6.45) is 1.62. The molecule has 0 aliphatic heterocycles. The predicted molar refractivity (Wildman–Crippen MR) is 166 cm³/mol. The first-order valence-corrected chi connectivity index (χ1v) is 14.3. The van der Waals surface area contributed by atoms with Gasteiger partial charge in [-0.05, 0) is 91.4 Å². The van der Waals surface area contributed by atoms with Gasteiger partial charge in [0.25, 0.3) is 11.8 Å². The van der Waals surface area contributed by atoms with Crippen LogP contribution >= 0.6 is 39.3 Å². The molecule has 4 rings (SSSR count). The normalized spacial score (nSPS) is 11.8. The van der Waals surface area contributed by atoms with Crippen molar-refractivity contribution >= 4 is 74.5 Å². The van der Waals surface area contributed by atoms with Crippen LogP contribution in [0.5, 0.6) is 0 Å². The average Bonchev–Trinajstić information content (AvgIpc) is 2.96. The summed E-state index contributed by atoms with van der Waals surface area (Å²) in [7, 11) is 0. The van der Waals surface area contributed by atoms with Gasteiger partial charge in [-0.3, -0.25) is 14.4 Å². The van der Waals surface area contributed by atoms with Gasteiger partial charge in [-0.15, -0.1) is 11.8 Å². The van der Waals surface area contributed by atoms with E-state index in [-0.39, 0.29) is 16.9 Å². The van der Waals surface area contributed by atoms with Crippen molar-refractivity contribution in [2.75, 3.05) is 10.6 Å². The van der Waals surface area contributed by atoms with E-state index in [9.17, 15) is 14.4 Å². The quantitative estimate of drug-likeness (QED) is 0.131. The molecule has 1 unspecified atom stereocenters. The maximum Gasteiger partial charge on any atom is 0.272 e. The topological polar surface area (TPSA) is 87.3 Å². The second-order valence-corrected chi connectivity index (χ2v) is 11.4. The lowest BCUT2D eigenvalue weighted by atomic mass is 10.1. The van der Waals surface area contributed by atoms with Gasteiger partial charge in [0.15, 0.2) is 0 Å². The highest BCUT2D eigenvalue weighted by Crippen LogP contribution is 2.26. The first-order valence-electron chi connectivity index (χ1n) is 12.2. The Kier molecular flexibility index (Phi) is 10.2. The van der Waals surface area contributed by atoms with Gasteiger partial charge in [0.05, 0.1) is 5.25 Å². The number of thioether (sulfide) groups is 1. The number of anilines is 2. The molecule has 6 nitrogen and oxygen atoms in total. The van der Waals surface area contributed by atoms with Crippen LogP contribution < -0.4 is 16.0 Å². The van der Waals surface area contributed by atoms with Crippen molar-refractivity contribution in [2.24, 2.45) is 0 Å². The lowest BCUT2D eigenvalue weighted by Crippen LogP contribution is -2.30. The largest absolute Gasteiger partial charge is 0.325 e. The van der Waals surface area contributed by atoms with Gasteiger partial charge in [-0.25, -0.2) is 0 Å². The van der Waals surface area contributed by atoms with Crippen LogP contribution in [0.1, 0.15) is 22.8 Å².